The average molecular weight is 298 g/mol. The average Bonchev–Trinajstić information content (AvgIpc) is 2.98. The molecule has 2 amide bonds. The van der Waals surface area contributed by atoms with Crippen LogP contribution in [0.3, 0.4) is 0 Å². The molecule has 2 aliphatic rings. The number of carbonyl (C=O) groups excluding carboxylic acids is 2. The molecule has 5 atom stereocenters. The number of methoxy groups -OCH3 is 1. The first-order valence-electron chi connectivity index (χ1n) is 7.49. The molecule has 1 aliphatic carbocycles. The summed E-state index contributed by atoms with van der Waals surface area (Å²) in [6.45, 7) is 7.29. The molecule has 0 spiro atoms. The quantitative estimate of drug-likeness (QED) is 0.853. The van der Waals surface area contributed by atoms with Gasteiger partial charge in [-0.15, -0.1) is 0 Å². The third kappa shape index (κ3) is 3.31. The van der Waals surface area contributed by atoms with Gasteiger partial charge in [-0.25, -0.2) is 4.79 Å². The van der Waals surface area contributed by atoms with Gasteiger partial charge in [-0.05, 0) is 39.5 Å². The van der Waals surface area contributed by atoms with Gasteiger partial charge < -0.3 is 15.2 Å². The zero-order valence-electron chi connectivity index (χ0n) is 13.5. The van der Waals surface area contributed by atoms with Crippen molar-refractivity contribution in [3.8, 4) is 0 Å². The first-order chi connectivity index (χ1) is 9.65. The summed E-state index contributed by atoms with van der Waals surface area (Å²) in [4.78, 5) is 25.7. The molecule has 2 N–H and O–H groups in total. The zero-order chi connectivity index (χ0) is 15.9. The standard InChI is InChI=1S/C15H26N2O4/c1-8(13(16)18)12(20-5)11-7-9-6-10(9)17(11)14(19)21-15(2,3)4/h8-12H,6-7H2,1-5H3,(H2,16,18). The molecule has 1 saturated heterocycles. The first kappa shape index (κ1) is 16.1. The van der Waals surface area contributed by atoms with E-state index in [2.05, 4.69) is 0 Å². The minimum atomic E-state index is -0.535. The summed E-state index contributed by atoms with van der Waals surface area (Å²) in [7, 11) is 1.56. The number of piperidine rings is 1. The molecule has 6 heteroatoms. The number of primary amides is 1. The molecule has 2 rings (SSSR count). The fraction of sp³-hybridized carbons (Fsp3) is 0.867. The maximum atomic E-state index is 12.5. The molecule has 1 heterocycles. The molecule has 0 aromatic carbocycles. The highest BCUT2D eigenvalue weighted by atomic mass is 16.6. The Kier molecular flexibility index (Phi) is 4.19. The van der Waals surface area contributed by atoms with Crippen molar-refractivity contribution >= 4 is 12.0 Å². The van der Waals surface area contributed by atoms with E-state index in [9.17, 15) is 9.59 Å². The summed E-state index contributed by atoms with van der Waals surface area (Å²) in [5.74, 6) is -0.353. The van der Waals surface area contributed by atoms with Gasteiger partial charge in [-0.3, -0.25) is 9.69 Å². The molecule has 120 valence electrons. The molecule has 0 aromatic rings. The second-order valence-corrected chi connectivity index (χ2v) is 7.15. The van der Waals surface area contributed by atoms with Crippen LogP contribution >= 0.6 is 0 Å². The Morgan fingerprint density at radius 2 is 1.90 bits per heavy atom. The molecule has 0 radical (unpaired) electrons. The number of hydrogen-bond acceptors (Lipinski definition) is 4. The predicted molar refractivity (Wildman–Crippen MR) is 77.5 cm³/mol. The van der Waals surface area contributed by atoms with Gasteiger partial charge in [0.15, 0.2) is 0 Å². The van der Waals surface area contributed by atoms with Crippen molar-refractivity contribution in [2.75, 3.05) is 7.11 Å². The van der Waals surface area contributed by atoms with Crippen LogP contribution in [0.25, 0.3) is 0 Å². The maximum Gasteiger partial charge on any atom is 0.410 e. The molecular formula is C15H26N2O4. The van der Waals surface area contributed by atoms with Crippen LogP contribution in [0.4, 0.5) is 4.79 Å². The lowest BCUT2D eigenvalue weighted by atomic mass is 9.94. The number of amides is 2. The maximum absolute atomic E-state index is 12.5. The van der Waals surface area contributed by atoms with E-state index in [0.29, 0.717) is 5.92 Å². The molecule has 1 aliphatic heterocycles. The van der Waals surface area contributed by atoms with Gasteiger partial charge in [-0.1, -0.05) is 6.92 Å². The van der Waals surface area contributed by atoms with E-state index in [0.717, 1.165) is 12.8 Å². The van der Waals surface area contributed by atoms with Gasteiger partial charge in [0, 0.05) is 13.2 Å². The third-order valence-electron chi connectivity index (χ3n) is 4.34. The summed E-state index contributed by atoms with van der Waals surface area (Å²) in [6.07, 6.45) is 1.15. The number of rotatable bonds is 4. The van der Waals surface area contributed by atoms with E-state index in [-0.39, 0.29) is 24.3 Å². The highest BCUT2D eigenvalue weighted by molar-refractivity contribution is 5.77. The molecule has 1 saturated carbocycles. The summed E-state index contributed by atoms with van der Waals surface area (Å²) in [5, 5.41) is 0. The monoisotopic (exact) mass is 298 g/mol. The normalized spacial score (nSPS) is 30.5. The number of hydrogen-bond donors (Lipinski definition) is 1. The Balaban J connectivity index is 2.14. The highest BCUT2D eigenvalue weighted by Gasteiger charge is 2.57. The van der Waals surface area contributed by atoms with Crippen LogP contribution in [-0.4, -0.2) is 47.8 Å². The number of nitrogens with zero attached hydrogens (tertiary/aromatic N) is 1. The second-order valence-electron chi connectivity index (χ2n) is 7.15. The molecule has 0 aromatic heterocycles. The number of fused-ring (bicyclic) bond motifs is 1. The van der Waals surface area contributed by atoms with Gasteiger partial charge in [0.1, 0.15) is 5.60 Å². The molecule has 5 unspecified atom stereocenters. The Morgan fingerprint density at radius 3 is 2.38 bits per heavy atom. The fourth-order valence-electron chi connectivity index (χ4n) is 3.23. The van der Waals surface area contributed by atoms with Crippen LogP contribution in [-0.2, 0) is 14.3 Å². The SMILES string of the molecule is COC(C(C)C(N)=O)C1CC2CC2N1C(=O)OC(C)(C)C. The highest BCUT2D eigenvalue weighted by Crippen LogP contribution is 2.50. The van der Waals surface area contributed by atoms with Gasteiger partial charge in [0.05, 0.1) is 18.1 Å². The van der Waals surface area contributed by atoms with Crippen molar-refractivity contribution in [1.29, 1.82) is 0 Å². The first-order valence-corrected chi connectivity index (χ1v) is 7.49. The summed E-state index contributed by atoms with van der Waals surface area (Å²) in [5.41, 5.74) is 4.86. The molecule has 0 bridgehead atoms. The van der Waals surface area contributed by atoms with Gasteiger partial charge in [0.25, 0.3) is 0 Å². The van der Waals surface area contributed by atoms with Crippen LogP contribution in [0.1, 0.15) is 40.5 Å². The van der Waals surface area contributed by atoms with Gasteiger partial charge in [0.2, 0.25) is 5.91 Å². The number of ether oxygens (including phenoxy) is 2. The molecule has 2 fully saturated rings. The second kappa shape index (κ2) is 5.48. The smallest absolute Gasteiger partial charge is 0.410 e. The van der Waals surface area contributed by atoms with Crippen LogP contribution in [0.2, 0.25) is 0 Å². The van der Waals surface area contributed by atoms with E-state index < -0.39 is 17.4 Å². The Hall–Kier alpha value is -1.30. The lowest BCUT2D eigenvalue weighted by Crippen LogP contribution is -2.51. The lowest BCUT2D eigenvalue weighted by molar-refractivity contribution is -0.127. The van der Waals surface area contributed by atoms with Crippen molar-refractivity contribution in [2.24, 2.45) is 17.6 Å². The lowest BCUT2D eigenvalue weighted by Gasteiger charge is -2.36. The molecular weight excluding hydrogens is 272 g/mol. The van der Waals surface area contributed by atoms with Crippen molar-refractivity contribution < 1.29 is 19.1 Å². The van der Waals surface area contributed by atoms with E-state index >= 15 is 0 Å². The zero-order valence-corrected chi connectivity index (χ0v) is 13.5. The summed E-state index contributed by atoms with van der Waals surface area (Å²) >= 11 is 0. The summed E-state index contributed by atoms with van der Waals surface area (Å²) < 4.78 is 11.0. The van der Waals surface area contributed by atoms with E-state index in [1.807, 2.05) is 20.8 Å². The fourth-order valence-corrected chi connectivity index (χ4v) is 3.23. The van der Waals surface area contributed by atoms with Gasteiger partial charge in [-0.2, -0.15) is 0 Å². The van der Waals surface area contributed by atoms with E-state index in [4.69, 9.17) is 15.2 Å². The topological polar surface area (TPSA) is 81.9 Å². The van der Waals surface area contributed by atoms with E-state index in [1.165, 1.54) is 0 Å². The van der Waals surface area contributed by atoms with Crippen LogP contribution in [0.15, 0.2) is 0 Å². The van der Waals surface area contributed by atoms with Crippen LogP contribution < -0.4 is 5.73 Å². The third-order valence-corrected chi connectivity index (χ3v) is 4.34. The largest absolute Gasteiger partial charge is 0.444 e. The van der Waals surface area contributed by atoms with Crippen molar-refractivity contribution in [3.05, 3.63) is 0 Å². The van der Waals surface area contributed by atoms with Crippen molar-refractivity contribution in [1.82, 2.24) is 4.90 Å². The Labute approximate surface area is 125 Å². The minimum Gasteiger partial charge on any atom is -0.444 e. The van der Waals surface area contributed by atoms with Crippen molar-refractivity contribution in [2.45, 2.75) is 64.3 Å². The Morgan fingerprint density at radius 1 is 1.29 bits per heavy atom. The predicted octanol–water partition coefficient (Wildman–Crippen LogP) is 1.52. The van der Waals surface area contributed by atoms with Gasteiger partial charge >= 0.3 is 6.09 Å². The van der Waals surface area contributed by atoms with Crippen LogP contribution in [0, 0.1) is 11.8 Å². The molecule has 21 heavy (non-hydrogen) atoms. The summed E-state index contributed by atoms with van der Waals surface area (Å²) in [6, 6.07) is 0.0821. The number of carbonyl (C=O) groups is 2. The van der Waals surface area contributed by atoms with Crippen LogP contribution in [0.5, 0.6) is 0 Å². The van der Waals surface area contributed by atoms with E-state index in [1.54, 1.807) is 18.9 Å². The number of likely N-dealkylation sites (tertiary alicyclic amines) is 1. The van der Waals surface area contributed by atoms with Crippen molar-refractivity contribution in [3.63, 3.8) is 0 Å². The number of nitrogens with two attached hydrogens (primary N) is 1. The Bertz CT molecular complexity index is 432. The minimum absolute atomic E-state index is 0.143. The molecule has 6 nitrogen and oxygen atoms in total.